The Morgan fingerprint density at radius 1 is 1.28 bits per heavy atom. The first-order chi connectivity index (χ1) is 12.1. The third-order valence-electron chi connectivity index (χ3n) is 5.02. The van der Waals surface area contributed by atoms with Crippen LogP contribution in [0.5, 0.6) is 0 Å². The number of aromatic amines is 1. The lowest BCUT2D eigenvalue weighted by atomic mass is 10.1. The molecule has 0 radical (unpaired) electrons. The molecule has 0 spiro atoms. The van der Waals surface area contributed by atoms with E-state index in [0.29, 0.717) is 11.4 Å². The van der Waals surface area contributed by atoms with Crippen molar-refractivity contribution in [1.29, 1.82) is 0 Å². The fourth-order valence-corrected chi connectivity index (χ4v) is 3.51. The van der Waals surface area contributed by atoms with E-state index in [0.717, 1.165) is 27.8 Å². The summed E-state index contributed by atoms with van der Waals surface area (Å²) in [5.74, 6) is 0.528. The lowest BCUT2D eigenvalue weighted by molar-refractivity contribution is 0.619. The maximum Gasteiger partial charge on any atom is 0.281 e. The van der Waals surface area contributed by atoms with E-state index in [9.17, 15) is 4.79 Å². The molecule has 1 atom stereocenters. The van der Waals surface area contributed by atoms with Crippen LogP contribution >= 0.6 is 0 Å². The van der Waals surface area contributed by atoms with Crippen LogP contribution in [0.1, 0.15) is 43.1 Å². The van der Waals surface area contributed by atoms with Crippen LogP contribution in [-0.2, 0) is 7.05 Å². The van der Waals surface area contributed by atoms with Crippen LogP contribution in [0.15, 0.2) is 35.6 Å². The van der Waals surface area contributed by atoms with E-state index >= 15 is 0 Å². The van der Waals surface area contributed by atoms with Crippen molar-refractivity contribution < 1.29 is 0 Å². The minimum Gasteiger partial charge on any atom is -0.347 e. The highest BCUT2D eigenvalue weighted by Crippen LogP contribution is 2.40. The Morgan fingerprint density at radius 2 is 2.12 bits per heavy atom. The largest absolute Gasteiger partial charge is 0.347 e. The van der Waals surface area contributed by atoms with Crippen molar-refractivity contribution in [1.82, 2.24) is 29.3 Å². The summed E-state index contributed by atoms with van der Waals surface area (Å²) in [6.45, 7) is 1.98. The summed E-state index contributed by atoms with van der Waals surface area (Å²) in [4.78, 5) is 25.3. The molecule has 1 fully saturated rings. The molecule has 0 aromatic carbocycles. The average Bonchev–Trinajstić information content (AvgIpc) is 3.15. The van der Waals surface area contributed by atoms with Gasteiger partial charge in [0.05, 0.1) is 24.3 Å². The first-order valence-corrected chi connectivity index (χ1v) is 8.50. The highest BCUT2D eigenvalue weighted by Gasteiger charge is 2.27. The third kappa shape index (κ3) is 2.12. The number of nitrogens with zero attached hydrogens (tertiary/aromatic N) is 5. The number of rotatable bonds is 3. The van der Waals surface area contributed by atoms with Crippen LogP contribution in [0, 0.1) is 0 Å². The molecule has 0 unspecified atom stereocenters. The summed E-state index contributed by atoms with van der Waals surface area (Å²) in [6.07, 6.45) is 7.61. The third-order valence-corrected chi connectivity index (χ3v) is 5.02. The van der Waals surface area contributed by atoms with Crippen molar-refractivity contribution in [2.45, 2.75) is 31.7 Å². The maximum absolute atomic E-state index is 13.2. The lowest BCUT2D eigenvalue weighted by Gasteiger charge is -2.17. The molecular formula is C18H18N6O. The van der Waals surface area contributed by atoms with E-state index in [1.807, 2.05) is 20.2 Å². The molecule has 1 N–H and O–H groups in total. The van der Waals surface area contributed by atoms with Crippen LogP contribution in [0.2, 0.25) is 0 Å². The number of nitrogens with one attached hydrogen (secondary N) is 1. The molecule has 25 heavy (non-hydrogen) atoms. The fourth-order valence-electron chi connectivity index (χ4n) is 3.51. The predicted molar refractivity (Wildman–Crippen MR) is 94.7 cm³/mol. The smallest absolute Gasteiger partial charge is 0.281 e. The topological polar surface area (TPSA) is 81.4 Å². The number of fused-ring (bicyclic) bond motifs is 3. The van der Waals surface area contributed by atoms with E-state index in [4.69, 9.17) is 4.98 Å². The molecule has 0 aliphatic heterocycles. The van der Waals surface area contributed by atoms with Gasteiger partial charge in [-0.1, -0.05) is 0 Å². The second kappa shape index (κ2) is 5.02. The van der Waals surface area contributed by atoms with Crippen molar-refractivity contribution in [3.8, 4) is 0 Å². The number of H-pyrrole nitrogens is 1. The predicted octanol–water partition coefficient (Wildman–Crippen LogP) is 2.49. The average molecular weight is 334 g/mol. The molecule has 1 aliphatic carbocycles. The second-order valence-electron chi connectivity index (χ2n) is 6.80. The van der Waals surface area contributed by atoms with Gasteiger partial charge in [0, 0.05) is 35.6 Å². The summed E-state index contributed by atoms with van der Waals surface area (Å²) >= 11 is 0. The molecular weight excluding hydrogens is 316 g/mol. The molecule has 7 heteroatoms. The van der Waals surface area contributed by atoms with Crippen LogP contribution in [0.3, 0.4) is 0 Å². The Kier molecular flexibility index (Phi) is 2.89. The fraction of sp³-hybridized carbons (Fsp3) is 0.333. The van der Waals surface area contributed by atoms with Gasteiger partial charge in [-0.25, -0.2) is 9.97 Å². The Bertz CT molecular complexity index is 1150. The van der Waals surface area contributed by atoms with Gasteiger partial charge >= 0.3 is 0 Å². The summed E-state index contributed by atoms with van der Waals surface area (Å²) < 4.78 is 3.43. The van der Waals surface area contributed by atoms with Gasteiger partial charge in [0.2, 0.25) is 0 Å². The summed E-state index contributed by atoms with van der Waals surface area (Å²) in [7, 11) is 1.83. The number of aryl methyl sites for hydroxylation is 1. The second-order valence-corrected chi connectivity index (χ2v) is 6.80. The Hall–Kier alpha value is -2.96. The Labute approximate surface area is 143 Å². The van der Waals surface area contributed by atoms with Gasteiger partial charge in [-0.15, -0.1) is 0 Å². The molecule has 4 aromatic rings. The van der Waals surface area contributed by atoms with Gasteiger partial charge in [-0.05, 0) is 31.9 Å². The zero-order valence-corrected chi connectivity index (χ0v) is 14.1. The number of hydrogen-bond acceptors (Lipinski definition) is 4. The van der Waals surface area contributed by atoms with E-state index in [1.54, 1.807) is 21.8 Å². The maximum atomic E-state index is 13.2. The van der Waals surface area contributed by atoms with Gasteiger partial charge in [0.25, 0.3) is 5.56 Å². The van der Waals surface area contributed by atoms with Crippen molar-refractivity contribution in [3.05, 3.63) is 52.6 Å². The van der Waals surface area contributed by atoms with Crippen LogP contribution in [0.25, 0.3) is 21.9 Å². The van der Waals surface area contributed by atoms with Gasteiger partial charge in [-0.3, -0.25) is 14.0 Å². The van der Waals surface area contributed by atoms with Crippen molar-refractivity contribution >= 4 is 21.9 Å². The number of aromatic nitrogens is 6. The first-order valence-electron chi connectivity index (χ1n) is 8.50. The molecule has 0 saturated heterocycles. The normalized spacial score (nSPS) is 15.9. The highest BCUT2D eigenvalue weighted by molar-refractivity contribution is 6.02. The van der Waals surface area contributed by atoms with Gasteiger partial charge < -0.3 is 4.98 Å². The van der Waals surface area contributed by atoms with Crippen molar-refractivity contribution in [2.24, 2.45) is 7.05 Å². The minimum atomic E-state index is -0.203. The Balaban J connectivity index is 1.89. The quantitative estimate of drug-likeness (QED) is 0.624. The van der Waals surface area contributed by atoms with Gasteiger partial charge in [0.15, 0.2) is 5.52 Å². The van der Waals surface area contributed by atoms with E-state index in [2.05, 4.69) is 27.2 Å². The van der Waals surface area contributed by atoms with E-state index < -0.39 is 0 Å². The number of pyridine rings is 2. The first kappa shape index (κ1) is 14.4. The molecule has 0 bridgehead atoms. The van der Waals surface area contributed by atoms with Crippen LogP contribution in [-0.4, -0.2) is 29.3 Å². The highest BCUT2D eigenvalue weighted by atomic mass is 16.1. The standard InChI is InChI=1S/C18H18N6O/c1-10(15-7-19-9-20-15)24-17-12(5-6-14(21-17)11-3-4-11)13-8-23(2)22-16(13)18(24)25/h5-11H,3-4H2,1-2H3,(H,19,20)/t10-/m1/s1. The molecule has 126 valence electrons. The summed E-state index contributed by atoms with van der Waals surface area (Å²) in [5.41, 5.74) is 3.02. The zero-order valence-electron chi connectivity index (χ0n) is 14.1. The Morgan fingerprint density at radius 3 is 2.84 bits per heavy atom. The van der Waals surface area contributed by atoms with Gasteiger partial charge in [-0.2, -0.15) is 5.10 Å². The van der Waals surface area contributed by atoms with Crippen molar-refractivity contribution in [2.75, 3.05) is 0 Å². The van der Waals surface area contributed by atoms with Crippen LogP contribution in [0.4, 0.5) is 0 Å². The molecule has 4 heterocycles. The zero-order chi connectivity index (χ0) is 17.1. The summed E-state index contributed by atoms with van der Waals surface area (Å²) in [5, 5.41) is 6.20. The van der Waals surface area contributed by atoms with E-state index in [1.165, 1.54) is 12.8 Å². The molecule has 5 rings (SSSR count). The minimum absolute atomic E-state index is 0.120. The van der Waals surface area contributed by atoms with E-state index in [-0.39, 0.29) is 11.6 Å². The van der Waals surface area contributed by atoms with Gasteiger partial charge in [0.1, 0.15) is 5.65 Å². The summed E-state index contributed by atoms with van der Waals surface area (Å²) in [6, 6.07) is 3.96. The molecule has 1 saturated carbocycles. The van der Waals surface area contributed by atoms with Crippen LogP contribution < -0.4 is 5.56 Å². The molecule has 1 aliphatic rings. The molecule has 4 aromatic heterocycles. The molecule has 7 nitrogen and oxygen atoms in total. The lowest BCUT2D eigenvalue weighted by Crippen LogP contribution is -2.26. The number of hydrogen-bond donors (Lipinski definition) is 1. The van der Waals surface area contributed by atoms with Crippen molar-refractivity contribution in [3.63, 3.8) is 0 Å². The number of imidazole rings is 1. The molecule has 0 amide bonds. The SMILES string of the molecule is C[C@H](c1cnc[nH]1)n1c(=O)c2nn(C)cc2c2ccc(C3CC3)nc21. The monoisotopic (exact) mass is 334 g/mol.